The number of pyridine rings is 1. The van der Waals surface area contributed by atoms with E-state index in [1.807, 2.05) is 55.3 Å². The van der Waals surface area contributed by atoms with Crippen LogP contribution in [0.1, 0.15) is 53.9 Å². The predicted octanol–water partition coefficient (Wildman–Crippen LogP) is 4.26. The number of carbonyl (C=O) groups excluding carboxylic acids is 2. The number of H-pyrrole nitrogens is 1. The monoisotopic (exact) mass is 653 g/mol. The van der Waals surface area contributed by atoms with Crippen LogP contribution in [-0.4, -0.2) is 115 Å². The molecule has 2 aromatic carbocycles. The van der Waals surface area contributed by atoms with E-state index in [9.17, 15) is 14.4 Å². The molecule has 1 atom stereocenters. The van der Waals surface area contributed by atoms with Crippen molar-refractivity contribution in [1.29, 1.82) is 0 Å². The number of para-hydroxylation sites is 1. The number of piperidine rings is 2. The number of benzene rings is 2. The average molecular weight is 654 g/mol. The van der Waals surface area contributed by atoms with Crippen LogP contribution in [0.2, 0.25) is 0 Å². The highest BCUT2D eigenvalue weighted by atomic mass is 16.2. The summed E-state index contributed by atoms with van der Waals surface area (Å²) in [7, 11) is 4.08. The molecule has 0 spiro atoms. The van der Waals surface area contributed by atoms with Crippen molar-refractivity contribution in [3.8, 4) is 0 Å². The second-order valence-corrected chi connectivity index (χ2v) is 13.8. The van der Waals surface area contributed by atoms with E-state index in [0.29, 0.717) is 51.5 Å². The maximum atomic E-state index is 14.2. The second-order valence-electron chi connectivity index (χ2n) is 13.8. The first kappa shape index (κ1) is 33.7. The number of hydrogen-bond acceptors (Lipinski definition) is 6. The Labute approximate surface area is 284 Å². The zero-order valence-corrected chi connectivity index (χ0v) is 28.8. The third kappa shape index (κ3) is 7.45. The maximum Gasteiger partial charge on any atom is 0.318 e. The summed E-state index contributed by atoms with van der Waals surface area (Å²) in [6.07, 6.45) is 5.95. The lowest BCUT2D eigenvalue weighted by atomic mass is 9.89. The molecule has 0 unspecified atom stereocenters. The molecule has 3 amide bonds. The minimum atomic E-state index is -0.689. The number of hydrogen-bond donors (Lipinski definition) is 3. The standard InChI is InChI=1S/C38H51N7O3/c1-5-28-23-27(22-26(2)35(28)39-3)24-34(37(47)44-20-18-43(19-21-44)31-12-14-42(4)15-13-31)41-38(48)45-16-10-29(11-17-45)32-25-30-8-6-7-9-33(30)40-36(32)46/h5-9,22-23,25,29,31,34,39H,1,10-21,24H2,2-4H3,(H,40,46)(H,41,48)/t34-/m1/s1. The molecule has 256 valence electrons. The Balaban J connectivity index is 1.14. The summed E-state index contributed by atoms with van der Waals surface area (Å²) in [6, 6.07) is 13.6. The number of piperazine rings is 1. The van der Waals surface area contributed by atoms with Gasteiger partial charge in [0.05, 0.1) is 0 Å². The van der Waals surface area contributed by atoms with Gasteiger partial charge < -0.3 is 30.3 Å². The lowest BCUT2D eigenvalue weighted by Gasteiger charge is -2.43. The first-order valence-corrected chi connectivity index (χ1v) is 17.6. The molecule has 4 heterocycles. The van der Waals surface area contributed by atoms with E-state index in [1.54, 1.807) is 4.90 Å². The van der Waals surface area contributed by atoms with Gasteiger partial charge in [-0.3, -0.25) is 14.5 Å². The van der Waals surface area contributed by atoms with Crippen molar-refractivity contribution < 1.29 is 9.59 Å². The van der Waals surface area contributed by atoms with Crippen LogP contribution in [0.15, 0.2) is 53.8 Å². The molecule has 0 aliphatic carbocycles. The molecule has 3 aromatic rings. The van der Waals surface area contributed by atoms with E-state index in [4.69, 9.17) is 0 Å². The summed E-state index contributed by atoms with van der Waals surface area (Å²) < 4.78 is 0. The zero-order valence-electron chi connectivity index (χ0n) is 28.8. The van der Waals surface area contributed by atoms with Gasteiger partial charge in [0.2, 0.25) is 5.91 Å². The molecular formula is C38H51N7O3. The van der Waals surface area contributed by atoms with E-state index in [-0.39, 0.29) is 23.4 Å². The zero-order chi connectivity index (χ0) is 33.8. The Bertz CT molecular complexity index is 1680. The number of urea groups is 1. The Morgan fingerprint density at radius 3 is 2.35 bits per heavy atom. The molecule has 10 heteroatoms. The van der Waals surface area contributed by atoms with E-state index in [2.05, 4.69) is 51.2 Å². The molecule has 3 N–H and O–H groups in total. The third-order valence-electron chi connectivity index (χ3n) is 10.8. The minimum absolute atomic E-state index is 0.0283. The first-order valence-electron chi connectivity index (χ1n) is 17.6. The Kier molecular flexibility index (Phi) is 10.5. The van der Waals surface area contributed by atoms with E-state index < -0.39 is 6.04 Å². The van der Waals surface area contributed by atoms with Gasteiger partial charge in [-0.1, -0.05) is 36.9 Å². The van der Waals surface area contributed by atoms with Crippen LogP contribution >= 0.6 is 0 Å². The molecule has 0 radical (unpaired) electrons. The summed E-state index contributed by atoms with van der Waals surface area (Å²) in [6.45, 7) is 12.4. The normalized spacial score (nSPS) is 19.3. The van der Waals surface area contributed by atoms with Gasteiger partial charge >= 0.3 is 6.03 Å². The number of nitrogens with one attached hydrogen (secondary N) is 3. The fraction of sp³-hybridized carbons (Fsp3) is 0.500. The van der Waals surface area contributed by atoms with Gasteiger partial charge in [0.15, 0.2) is 0 Å². The van der Waals surface area contributed by atoms with Gasteiger partial charge in [-0.05, 0) is 98.9 Å². The predicted molar refractivity (Wildman–Crippen MR) is 194 cm³/mol. The number of aromatic nitrogens is 1. The van der Waals surface area contributed by atoms with Crippen molar-refractivity contribution in [2.24, 2.45) is 0 Å². The van der Waals surface area contributed by atoms with Crippen LogP contribution in [0.3, 0.4) is 0 Å². The van der Waals surface area contributed by atoms with Crippen LogP contribution in [-0.2, 0) is 11.2 Å². The van der Waals surface area contributed by atoms with Crippen LogP contribution in [0.25, 0.3) is 17.0 Å². The van der Waals surface area contributed by atoms with E-state index in [1.165, 1.54) is 12.8 Å². The van der Waals surface area contributed by atoms with Gasteiger partial charge in [0.1, 0.15) is 6.04 Å². The molecule has 6 rings (SSSR count). The molecule has 3 aliphatic rings. The van der Waals surface area contributed by atoms with Gasteiger partial charge in [0, 0.05) is 75.5 Å². The number of fused-ring (bicyclic) bond motifs is 1. The second kappa shape index (κ2) is 15.0. The van der Waals surface area contributed by atoms with Crippen molar-refractivity contribution in [2.45, 2.75) is 57.0 Å². The van der Waals surface area contributed by atoms with E-state index in [0.717, 1.165) is 65.0 Å². The van der Waals surface area contributed by atoms with Gasteiger partial charge in [0.25, 0.3) is 5.56 Å². The van der Waals surface area contributed by atoms with Crippen LogP contribution in [0.5, 0.6) is 0 Å². The number of nitrogens with zero attached hydrogens (tertiary/aromatic N) is 4. The molecule has 48 heavy (non-hydrogen) atoms. The maximum absolute atomic E-state index is 14.2. The van der Waals surface area contributed by atoms with Gasteiger partial charge in [-0.15, -0.1) is 0 Å². The van der Waals surface area contributed by atoms with E-state index >= 15 is 0 Å². The molecule has 0 bridgehead atoms. The molecule has 10 nitrogen and oxygen atoms in total. The number of rotatable bonds is 8. The van der Waals surface area contributed by atoms with Crippen molar-refractivity contribution in [2.75, 3.05) is 71.8 Å². The molecule has 3 saturated heterocycles. The number of aromatic amines is 1. The Morgan fingerprint density at radius 2 is 1.67 bits per heavy atom. The average Bonchev–Trinajstić information content (AvgIpc) is 3.11. The highest BCUT2D eigenvalue weighted by Crippen LogP contribution is 2.28. The summed E-state index contributed by atoms with van der Waals surface area (Å²) in [5, 5.41) is 7.42. The van der Waals surface area contributed by atoms with Gasteiger partial charge in [-0.2, -0.15) is 0 Å². The Morgan fingerprint density at radius 1 is 0.958 bits per heavy atom. The molecule has 0 saturated carbocycles. The summed E-state index contributed by atoms with van der Waals surface area (Å²) in [5.74, 6) is 0.0474. The number of likely N-dealkylation sites (tertiary alicyclic amines) is 2. The van der Waals surface area contributed by atoms with Gasteiger partial charge in [-0.25, -0.2) is 4.79 Å². The SMILES string of the molecule is C=Cc1cc(C[C@@H](NC(=O)N2CCC(c3cc4ccccc4[nH]c3=O)CC2)C(=O)N2CCN(C3CCN(C)CC3)CC2)cc(C)c1NC. The lowest BCUT2D eigenvalue weighted by molar-refractivity contribution is -0.135. The smallest absolute Gasteiger partial charge is 0.318 e. The summed E-state index contributed by atoms with van der Waals surface area (Å²) >= 11 is 0. The fourth-order valence-electron chi connectivity index (χ4n) is 7.94. The first-order chi connectivity index (χ1) is 23.2. The third-order valence-corrected chi connectivity index (χ3v) is 10.8. The van der Waals surface area contributed by atoms with Crippen molar-refractivity contribution in [3.05, 3.63) is 81.7 Å². The van der Waals surface area contributed by atoms with Crippen molar-refractivity contribution >= 4 is 34.6 Å². The quantitative estimate of drug-likeness (QED) is 0.336. The molecule has 3 fully saturated rings. The molecule has 3 aliphatic heterocycles. The Hall–Kier alpha value is -4.15. The summed E-state index contributed by atoms with van der Waals surface area (Å²) in [5.41, 5.74) is 5.59. The topological polar surface area (TPSA) is 104 Å². The highest BCUT2D eigenvalue weighted by Gasteiger charge is 2.34. The number of amides is 3. The minimum Gasteiger partial charge on any atom is -0.387 e. The van der Waals surface area contributed by atoms with Crippen LogP contribution in [0, 0.1) is 6.92 Å². The van der Waals surface area contributed by atoms with Crippen molar-refractivity contribution in [3.63, 3.8) is 0 Å². The molecular weight excluding hydrogens is 602 g/mol. The fourth-order valence-corrected chi connectivity index (χ4v) is 7.94. The number of aryl methyl sites for hydroxylation is 1. The van der Waals surface area contributed by atoms with Crippen LogP contribution in [0.4, 0.5) is 10.5 Å². The highest BCUT2D eigenvalue weighted by molar-refractivity contribution is 5.88. The lowest BCUT2D eigenvalue weighted by Crippen LogP contribution is -2.59. The summed E-state index contributed by atoms with van der Waals surface area (Å²) in [4.78, 5) is 52.6. The van der Waals surface area contributed by atoms with Crippen molar-refractivity contribution in [1.82, 2.24) is 29.9 Å². The number of carbonyl (C=O) groups is 2. The van der Waals surface area contributed by atoms with Crippen LogP contribution < -0.4 is 16.2 Å². The number of anilines is 1. The molecule has 1 aromatic heterocycles. The largest absolute Gasteiger partial charge is 0.387 e.